The molecule has 0 aliphatic rings. The fourth-order valence-electron chi connectivity index (χ4n) is 1.98. The van der Waals surface area contributed by atoms with Crippen molar-refractivity contribution in [3.05, 3.63) is 58.1 Å². The first kappa shape index (κ1) is 16.7. The van der Waals surface area contributed by atoms with Crippen LogP contribution in [0.1, 0.15) is 11.1 Å². The van der Waals surface area contributed by atoms with Gasteiger partial charge in [-0.15, -0.1) is 0 Å². The molecule has 0 aliphatic heterocycles. The third kappa shape index (κ3) is 4.96. The van der Waals surface area contributed by atoms with Crippen LogP contribution in [0.2, 0.25) is 0 Å². The van der Waals surface area contributed by atoms with Crippen molar-refractivity contribution in [3.8, 4) is 11.5 Å². The molecule has 3 nitrogen and oxygen atoms in total. The maximum absolute atomic E-state index is 12.4. The lowest BCUT2D eigenvalue weighted by molar-refractivity contribution is -0.0505. The molecule has 118 valence electrons. The molecule has 22 heavy (non-hydrogen) atoms. The van der Waals surface area contributed by atoms with Gasteiger partial charge in [0, 0.05) is 23.1 Å². The van der Waals surface area contributed by atoms with Gasteiger partial charge in [0.25, 0.3) is 0 Å². The van der Waals surface area contributed by atoms with Crippen LogP contribution >= 0.6 is 15.9 Å². The second kappa shape index (κ2) is 8.10. The van der Waals surface area contributed by atoms with Crippen molar-refractivity contribution in [2.45, 2.75) is 19.7 Å². The average Bonchev–Trinajstić information content (AvgIpc) is 2.50. The molecule has 0 unspecified atom stereocenters. The summed E-state index contributed by atoms with van der Waals surface area (Å²) in [7, 11) is 1.62. The van der Waals surface area contributed by atoms with Crippen molar-refractivity contribution in [1.29, 1.82) is 0 Å². The van der Waals surface area contributed by atoms with Gasteiger partial charge in [-0.2, -0.15) is 8.78 Å². The van der Waals surface area contributed by atoms with Gasteiger partial charge in [-0.3, -0.25) is 0 Å². The Balaban J connectivity index is 1.96. The Labute approximate surface area is 136 Å². The molecular formula is C16H16BrF2NO2. The van der Waals surface area contributed by atoms with Crippen LogP contribution in [0.4, 0.5) is 8.78 Å². The molecule has 0 fully saturated rings. The fraction of sp³-hybridized carbons (Fsp3) is 0.250. The highest BCUT2D eigenvalue weighted by molar-refractivity contribution is 9.10. The smallest absolute Gasteiger partial charge is 0.387 e. The lowest BCUT2D eigenvalue weighted by Gasteiger charge is -2.12. The minimum atomic E-state index is -2.83. The van der Waals surface area contributed by atoms with Crippen LogP contribution in [0.3, 0.4) is 0 Å². The number of nitrogens with one attached hydrogen (secondary N) is 1. The van der Waals surface area contributed by atoms with E-state index in [1.807, 2.05) is 24.3 Å². The standard InChI is InChI=1S/C16H16BrF2NO2/c1-21-14-5-2-11(3-6-14)9-20-10-12-8-13(17)4-7-15(12)22-16(18)19/h2-8,16,20H,9-10H2,1H3. The zero-order chi connectivity index (χ0) is 15.9. The SMILES string of the molecule is COc1ccc(CNCc2cc(Br)ccc2OC(F)F)cc1. The quantitative estimate of drug-likeness (QED) is 0.784. The topological polar surface area (TPSA) is 30.5 Å². The number of rotatable bonds is 7. The van der Waals surface area contributed by atoms with E-state index in [1.165, 1.54) is 6.07 Å². The molecule has 0 aromatic heterocycles. The minimum Gasteiger partial charge on any atom is -0.497 e. The first-order valence-electron chi connectivity index (χ1n) is 6.65. The van der Waals surface area contributed by atoms with Crippen molar-refractivity contribution in [1.82, 2.24) is 5.32 Å². The van der Waals surface area contributed by atoms with E-state index >= 15 is 0 Å². The molecule has 2 rings (SSSR count). The first-order chi connectivity index (χ1) is 10.6. The molecule has 2 aromatic carbocycles. The third-order valence-corrected chi connectivity index (χ3v) is 3.54. The second-order valence-corrected chi connectivity index (χ2v) is 5.50. The van der Waals surface area contributed by atoms with Crippen LogP contribution in [-0.4, -0.2) is 13.7 Å². The Bertz CT molecular complexity index is 606. The number of ether oxygens (including phenoxy) is 2. The van der Waals surface area contributed by atoms with Crippen molar-refractivity contribution < 1.29 is 18.3 Å². The van der Waals surface area contributed by atoms with Gasteiger partial charge < -0.3 is 14.8 Å². The van der Waals surface area contributed by atoms with Gasteiger partial charge in [0.2, 0.25) is 0 Å². The van der Waals surface area contributed by atoms with Crippen LogP contribution in [0, 0.1) is 0 Å². The summed E-state index contributed by atoms with van der Waals surface area (Å²) in [6, 6.07) is 12.6. The van der Waals surface area contributed by atoms with Gasteiger partial charge in [-0.1, -0.05) is 28.1 Å². The van der Waals surface area contributed by atoms with E-state index in [0.717, 1.165) is 15.8 Å². The van der Waals surface area contributed by atoms with Gasteiger partial charge in [0.15, 0.2) is 0 Å². The van der Waals surface area contributed by atoms with Gasteiger partial charge in [-0.25, -0.2) is 0 Å². The summed E-state index contributed by atoms with van der Waals surface area (Å²) < 4.78 is 35.2. The highest BCUT2D eigenvalue weighted by Gasteiger charge is 2.10. The van der Waals surface area contributed by atoms with Gasteiger partial charge >= 0.3 is 6.61 Å². The summed E-state index contributed by atoms with van der Waals surface area (Å²) in [5.74, 6) is 0.976. The first-order valence-corrected chi connectivity index (χ1v) is 7.44. The average molecular weight is 372 g/mol. The Hall–Kier alpha value is -1.66. The monoisotopic (exact) mass is 371 g/mol. The molecule has 0 heterocycles. The summed E-state index contributed by atoms with van der Waals surface area (Å²) in [4.78, 5) is 0. The zero-order valence-corrected chi connectivity index (χ0v) is 13.6. The highest BCUT2D eigenvalue weighted by Crippen LogP contribution is 2.24. The van der Waals surface area contributed by atoms with Crippen molar-refractivity contribution in [2.75, 3.05) is 7.11 Å². The summed E-state index contributed by atoms with van der Waals surface area (Å²) in [6.45, 7) is -1.79. The summed E-state index contributed by atoms with van der Waals surface area (Å²) >= 11 is 3.33. The number of alkyl halides is 2. The molecule has 0 spiro atoms. The van der Waals surface area contributed by atoms with Crippen LogP contribution in [0.15, 0.2) is 46.9 Å². The summed E-state index contributed by atoms with van der Waals surface area (Å²) in [5, 5.41) is 3.21. The number of hydrogen-bond donors (Lipinski definition) is 1. The number of benzene rings is 2. The number of hydrogen-bond acceptors (Lipinski definition) is 3. The Kier molecular flexibility index (Phi) is 6.15. The molecular weight excluding hydrogens is 356 g/mol. The maximum Gasteiger partial charge on any atom is 0.387 e. The van der Waals surface area contributed by atoms with Crippen molar-refractivity contribution in [3.63, 3.8) is 0 Å². The van der Waals surface area contributed by atoms with E-state index in [4.69, 9.17) is 4.74 Å². The molecule has 0 bridgehead atoms. The summed E-state index contributed by atoms with van der Waals surface area (Å²) in [6.07, 6.45) is 0. The Morgan fingerprint density at radius 2 is 1.82 bits per heavy atom. The van der Waals surface area contributed by atoms with E-state index in [9.17, 15) is 8.78 Å². The molecule has 0 saturated carbocycles. The molecule has 0 atom stereocenters. The van der Waals surface area contributed by atoms with Crippen LogP contribution < -0.4 is 14.8 Å². The molecule has 6 heteroatoms. The fourth-order valence-corrected chi connectivity index (χ4v) is 2.39. The predicted octanol–water partition coefficient (Wildman–Crippen LogP) is 4.35. The Morgan fingerprint density at radius 3 is 2.45 bits per heavy atom. The number of halogens is 3. The van der Waals surface area contributed by atoms with Crippen molar-refractivity contribution in [2.24, 2.45) is 0 Å². The Morgan fingerprint density at radius 1 is 1.09 bits per heavy atom. The van der Waals surface area contributed by atoms with E-state index in [2.05, 4.69) is 26.0 Å². The lowest BCUT2D eigenvalue weighted by atomic mass is 10.2. The van der Waals surface area contributed by atoms with Crippen LogP contribution in [-0.2, 0) is 13.1 Å². The van der Waals surface area contributed by atoms with Gasteiger partial charge in [0.1, 0.15) is 11.5 Å². The molecule has 0 amide bonds. The normalized spacial score (nSPS) is 10.8. The third-order valence-electron chi connectivity index (χ3n) is 3.04. The van der Waals surface area contributed by atoms with E-state index in [1.54, 1.807) is 19.2 Å². The van der Waals surface area contributed by atoms with Crippen LogP contribution in [0.25, 0.3) is 0 Å². The summed E-state index contributed by atoms with van der Waals surface area (Å²) in [5.41, 5.74) is 1.75. The lowest BCUT2D eigenvalue weighted by Crippen LogP contribution is -2.14. The van der Waals surface area contributed by atoms with Crippen molar-refractivity contribution >= 4 is 15.9 Å². The molecule has 0 radical (unpaired) electrons. The second-order valence-electron chi connectivity index (χ2n) is 4.58. The predicted molar refractivity (Wildman–Crippen MR) is 84.3 cm³/mol. The molecule has 2 aromatic rings. The maximum atomic E-state index is 12.4. The largest absolute Gasteiger partial charge is 0.497 e. The molecule has 0 saturated heterocycles. The highest BCUT2D eigenvalue weighted by atomic mass is 79.9. The molecule has 1 N–H and O–H groups in total. The molecule has 0 aliphatic carbocycles. The van der Waals surface area contributed by atoms with Gasteiger partial charge in [0.05, 0.1) is 7.11 Å². The van der Waals surface area contributed by atoms with E-state index in [0.29, 0.717) is 18.7 Å². The minimum absolute atomic E-state index is 0.181. The van der Waals surface area contributed by atoms with Crippen LogP contribution in [0.5, 0.6) is 11.5 Å². The zero-order valence-electron chi connectivity index (χ0n) is 12.0. The van der Waals surface area contributed by atoms with E-state index < -0.39 is 6.61 Å². The van der Waals surface area contributed by atoms with E-state index in [-0.39, 0.29) is 5.75 Å². The van der Waals surface area contributed by atoms with Gasteiger partial charge in [-0.05, 0) is 35.9 Å². The number of methoxy groups -OCH3 is 1.